The smallest absolute Gasteiger partial charge is 0.231 e. The molecule has 1 aromatic carbocycles. The Morgan fingerprint density at radius 1 is 1.30 bits per heavy atom. The summed E-state index contributed by atoms with van der Waals surface area (Å²) in [7, 11) is 1.56. The van der Waals surface area contributed by atoms with Gasteiger partial charge < -0.3 is 19.5 Å². The number of benzene rings is 1. The van der Waals surface area contributed by atoms with Crippen molar-refractivity contribution >= 4 is 5.78 Å². The second kappa shape index (κ2) is 4.38. The van der Waals surface area contributed by atoms with Gasteiger partial charge in [-0.1, -0.05) is 0 Å². The van der Waals surface area contributed by atoms with Crippen LogP contribution in [0.15, 0.2) is 35.6 Å². The van der Waals surface area contributed by atoms with Crippen LogP contribution in [0.4, 0.5) is 0 Å². The Morgan fingerprint density at radius 2 is 2.13 bits per heavy atom. The van der Waals surface area contributed by atoms with Crippen LogP contribution in [-0.4, -0.2) is 32.3 Å². The maximum Gasteiger partial charge on any atom is 0.231 e. The first-order chi connectivity index (χ1) is 11.2. The number of ketones is 1. The van der Waals surface area contributed by atoms with Gasteiger partial charge in [0.15, 0.2) is 17.3 Å². The van der Waals surface area contributed by atoms with Crippen LogP contribution in [0.2, 0.25) is 0 Å². The number of nitrogens with one attached hydrogen (secondary N) is 1. The number of carbonyl (C=O) groups is 1. The minimum Gasteiger partial charge on any atom is -0.493 e. The molecule has 2 bridgehead atoms. The average Bonchev–Trinajstić information content (AvgIpc) is 3.01. The molecule has 5 rings (SSSR count). The third kappa shape index (κ3) is 1.68. The summed E-state index contributed by atoms with van der Waals surface area (Å²) in [6.45, 7) is 1.00. The van der Waals surface area contributed by atoms with Gasteiger partial charge in [-0.15, -0.1) is 0 Å². The number of rotatable bonds is 1. The molecule has 0 radical (unpaired) electrons. The molecule has 2 aliphatic carbocycles. The molecular formula is C18H17NO4. The summed E-state index contributed by atoms with van der Waals surface area (Å²) in [5.41, 5.74) is 3.31. The maximum atomic E-state index is 12.2. The maximum absolute atomic E-state index is 12.2. The van der Waals surface area contributed by atoms with Crippen LogP contribution in [0.5, 0.6) is 11.5 Å². The molecule has 2 heterocycles. The van der Waals surface area contributed by atoms with Gasteiger partial charge in [-0.25, -0.2) is 0 Å². The van der Waals surface area contributed by atoms with E-state index in [4.69, 9.17) is 14.2 Å². The summed E-state index contributed by atoms with van der Waals surface area (Å²) in [6.07, 6.45) is 5.65. The Bertz CT molecular complexity index is 794. The van der Waals surface area contributed by atoms with Crippen molar-refractivity contribution in [3.05, 3.63) is 46.7 Å². The van der Waals surface area contributed by atoms with E-state index in [9.17, 15) is 4.79 Å². The monoisotopic (exact) mass is 311 g/mol. The molecule has 1 fully saturated rings. The lowest BCUT2D eigenvalue weighted by atomic mass is 9.60. The number of fused-ring (bicyclic) bond motifs is 3. The zero-order valence-corrected chi connectivity index (χ0v) is 12.8. The summed E-state index contributed by atoms with van der Waals surface area (Å²) in [6, 6.07) is 4.57. The first kappa shape index (κ1) is 13.2. The first-order valence-electron chi connectivity index (χ1n) is 7.88. The molecule has 1 saturated heterocycles. The van der Waals surface area contributed by atoms with Crippen LogP contribution < -0.4 is 14.8 Å². The van der Waals surface area contributed by atoms with Gasteiger partial charge in [-0.3, -0.25) is 4.79 Å². The summed E-state index contributed by atoms with van der Waals surface area (Å²) in [5, 5.41) is 3.54. The molecule has 1 N–H and O–H groups in total. The van der Waals surface area contributed by atoms with Crippen molar-refractivity contribution in [2.45, 2.75) is 24.3 Å². The number of hydrogen-bond acceptors (Lipinski definition) is 5. The van der Waals surface area contributed by atoms with Crippen molar-refractivity contribution in [3.63, 3.8) is 0 Å². The number of carbonyl (C=O) groups excluding carboxylic acids is 1. The SMILES string of the molecule is COC1=CC23CC(Cc4cc5c(cc42)OCO5)NCC3=CC1=O. The van der Waals surface area contributed by atoms with Crippen molar-refractivity contribution in [2.75, 3.05) is 20.4 Å². The normalized spacial score (nSPS) is 30.1. The number of hydrogen-bond donors (Lipinski definition) is 1. The van der Waals surface area contributed by atoms with Crippen molar-refractivity contribution in [1.82, 2.24) is 5.32 Å². The van der Waals surface area contributed by atoms with E-state index in [1.165, 1.54) is 11.1 Å². The standard InChI is InChI=1S/C18H17NO4/c1-21-17-7-18-6-12(19-8-11(18)4-14(17)20)2-10-3-15-16(5-13(10)18)23-9-22-15/h3-5,7,12,19H,2,6,8-9H2,1H3. The predicted octanol–water partition coefficient (Wildman–Crippen LogP) is 1.61. The second-order valence-corrected chi connectivity index (χ2v) is 6.57. The number of piperidine rings is 1. The summed E-state index contributed by atoms with van der Waals surface area (Å²) >= 11 is 0. The molecule has 23 heavy (non-hydrogen) atoms. The third-order valence-corrected chi connectivity index (χ3v) is 5.41. The van der Waals surface area contributed by atoms with Crippen LogP contribution in [0.1, 0.15) is 17.5 Å². The highest BCUT2D eigenvalue weighted by Crippen LogP contribution is 2.51. The molecule has 118 valence electrons. The molecule has 5 heteroatoms. The van der Waals surface area contributed by atoms with Gasteiger partial charge in [0.2, 0.25) is 12.6 Å². The number of ether oxygens (including phenoxy) is 3. The third-order valence-electron chi connectivity index (χ3n) is 5.41. The predicted molar refractivity (Wildman–Crippen MR) is 82.5 cm³/mol. The lowest BCUT2D eigenvalue weighted by Gasteiger charge is -2.48. The van der Waals surface area contributed by atoms with E-state index in [0.29, 0.717) is 11.8 Å². The lowest BCUT2D eigenvalue weighted by Crippen LogP contribution is -2.53. The first-order valence-corrected chi connectivity index (χ1v) is 7.88. The van der Waals surface area contributed by atoms with Gasteiger partial charge in [-0.2, -0.15) is 0 Å². The molecule has 0 saturated carbocycles. The van der Waals surface area contributed by atoms with Gasteiger partial charge >= 0.3 is 0 Å². The molecule has 0 aromatic heterocycles. The van der Waals surface area contributed by atoms with E-state index in [1.807, 2.05) is 6.08 Å². The molecule has 0 amide bonds. The van der Waals surface area contributed by atoms with E-state index >= 15 is 0 Å². The molecule has 2 aliphatic heterocycles. The highest BCUT2D eigenvalue weighted by molar-refractivity contribution is 6.05. The van der Waals surface area contributed by atoms with Gasteiger partial charge in [0.25, 0.3) is 0 Å². The van der Waals surface area contributed by atoms with E-state index in [0.717, 1.165) is 36.5 Å². The van der Waals surface area contributed by atoms with Crippen LogP contribution in [0.25, 0.3) is 0 Å². The Morgan fingerprint density at radius 3 is 2.96 bits per heavy atom. The van der Waals surface area contributed by atoms with Crippen LogP contribution in [-0.2, 0) is 21.4 Å². The number of methoxy groups -OCH3 is 1. The summed E-state index contributed by atoms with van der Waals surface area (Å²) in [4.78, 5) is 12.2. The highest BCUT2D eigenvalue weighted by Gasteiger charge is 2.48. The van der Waals surface area contributed by atoms with Gasteiger partial charge in [0.05, 0.1) is 7.11 Å². The zero-order valence-electron chi connectivity index (χ0n) is 12.8. The Kier molecular flexibility index (Phi) is 2.52. The fourth-order valence-electron chi connectivity index (χ4n) is 4.36. The lowest BCUT2D eigenvalue weighted by molar-refractivity contribution is -0.114. The number of allylic oxidation sites excluding steroid dienone is 2. The topological polar surface area (TPSA) is 56.8 Å². The van der Waals surface area contributed by atoms with Crippen LogP contribution >= 0.6 is 0 Å². The Hall–Kier alpha value is -2.27. The molecule has 1 aromatic rings. The largest absolute Gasteiger partial charge is 0.493 e. The van der Waals surface area contributed by atoms with Crippen LogP contribution in [0, 0.1) is 0 Å². The average molecular weight is 311 g/mol. The van der Waals surface area contributed by atoms with E-state index < -0.39 is 0 Å². The minimum atomic E-state index is -0.274. The van der Waals surface area contributed by atoms with Crippen molar-refractivity contribution < 1.29 is 19.0 Å². The van der Waals surface area contributed by atoms with E-state index in [1.54, 1.807) is 13.2 Å². The van der Waals surface area contributed by atoms with Gasteiger partial charge in [0, 0.05) is 18.0 Å². The zero-order chi connectivity index (χ0) is 15.6. The molecule has 1 spiro atoms. The summed E-state index contributed by atoms with van der Waals surface area (Å²) in [5.74, 6) is 1.98. The minimum absolute atomic E-state index is 0.0544. The molecule has 5 nitrogen and oxygen atoms in total. The van der Waals surface area contributed by atoms with Crippen molar-refractivity contribution in [1.29, 1.82) is 0 Å². The summed E-state index contributed by atoms with van der Waals surface area (Å²) < 4.78 is 16.4. The second-order valence-electron chi connectivity index (χ2n) is 6.57. The molecule has 2 atom stereocenters. The quantitative estimate of drug-likeness (QED) is 0.854. The molecule has 4 aliphatic rings. The van der Waals surface area contributed by atoms with Gasteiger partial charge in [-0.05, 0) is 53.8 Å². The fraction of sp³-hybridized carbons (Fsp3) is 0.389. The van der Waals surface area contributed by atoms with Crippen molar-refractivity contribution in [2.24, 2.45) is 0 Å². The Labute approximate surface area is 133 Å². The van der Waals surface area contributed by atoms with Crippen LogP contribution in [0.3, 0.4) is 0 Å². The van der Waals surface area contributed by atoms with Gasteiger partial charge in [0.1, 0.15) is 0 Å². The highest BCUT2D eigenvalue weighted by atomic mass is 16.7. The molecular weight excluding hydrogens is 294 g/mol. The fourth-order valence-corrected chi connectivity index (χ4v) is 4.36. The van der Waals surface area contributed by atoms with E-state index in [2.05, 4.69) is 17.4 Å². The Balaban J connectivity index is 1.76. The van der Waals surface area contributed by atoms with Crippen molar-refractivity contribution in [3.8, 4) is 11.5 Å². The van der Waals surface area contributed by atoms with E-state index in [-0.39, 0.29) is 18.0 Å². The molecule has 2 unspecified atom stereocenters.